The van der Waals surface area contributed by atoms with Crippen LogP contribution in [0.2, 0.25) is 0 Å². The molecule has 112 valence electrons. The molecule has 1 aromatic rings. The molecule has 0 aliphatic heterocycles. The van der Waals surface area contributed by atoms with E-state index < -0.39 is 19.2 Å². The molecule has 20 heavy (non-hydrogen) atoms. The third kappa shape index (κ3) is 3.82. The average molecular weight is 302 g/mol. The zero-order valence-electron chi connectivity index (χ0n) is 11.7. The van der Waals surface area contributed by atoms with E-state index in [1.54, 1.807) is 32.0 Å². The second-order valence-electron chi connectivity index (χ2n) is 3.89. The summed E-state index contributed by atoms with van der Waals surface area (Å²) in [6.45, 7) is 3.47. The van der Waals surface area contributed by atoms with E-state index in [0.717, 1.165) is 0 Å². The number of benzene rings is 1. The highest BCUT2D eigenvalue weighted by atomic mass is 31.2. The lowest BCUT2D eigenvalue weighted by molar-refractivity contribution is -0.137. The largest absolute Gasteiger partial charge is 0.497 e. The molecule has 1 unspecified atom stereocenters. The van der Waals surface area contributed by atoms with Gasteiger partial charge in [-0.1, -0.05) is 12.1 Å². The van der Waals surface area contributed by atoms with Gasteiger partial charge in [0.15, 0.2) is 5.66 Å². The highest BCUT2D eigenvalue weighted by Gasteiger charge is 2.42. The molecule has 1 rings (SSSR count). The Balaban J connectivity index is 3.27. The Morgan fingerprint density at radius 2 is 1.90 bits per heavy atom. The zero-order chi connectivity index (χ0) is 15.2. The molecule has 1 N–H and O–H groups in total. The van der Waals surface area contributed by atoms with Crippen LogP contribution >= 0.6 is 7.60 Å². The van der Waals surface area contributed by atoms with Crippen molar-refractivity contribution in [2.45, 2.75) is 19.5 Å². The summed E-state index contributed by atoms with van der Waals surface area (Å²) in [7, 11) is -2.32. The first-order chi connectivity index (χ1) is 9.48. The zero-order valence-corrected chi connectivity index (χ0v) is 12.6. The Bertz CT molecular complexity index is 491. The summed E-state index contributed by atoms with van der Waals surface area (Å²) in [4.78, 5) is 11.5. The van der Waals surface area contributed by atoms with Gasteiger partial charge in [0.1, 0.15) is 5.75 Å². The Morgan fingerprint density at radius 1 is 1.30 bits per heavy atom. The van der Waals surface area contributed by atoms with Gasteiger partial charge in [-0.3, -0.25) is 9.36 Å². The summed E-state index contributed by atoms with van der Waals surface area (Å²) in [5.41, 5.74) is -1.06. The first-order valence-electron chi connectivity index (χ1n) is 6.24. The summed E-state index contributed by atoms with van der Waals surface area (Å²) in [6, 6.07) is 6.39. The SMILES string of the molecule is CCOP(=O)(OCC)C(C(=O)O)c1cccc(OC)c1. The molecule has 0 saturated heterocycles. The first kappa shape index (κ1) is 16.7. The van der Waals surface area contributed by atoms with Crippen LogP contribution in [0.5, 0.6) is 5.75 Å². The predicted octanol–water partition coefficient (Wildman–Crippen LogP) is 3.09. The molecule has 0 heterocycles. The van der Waals surface area contributed by atoms with E-state index in [2.05, 4.69) is 0 Å². The molecule has 0 radical (unpaired) electrons. The fourth-order valence-corrected chi connectivity index (χ4v) is 3.71. The van der Waals surface area contributed by atoms with Crippen molar-refractivity contribution in [1.82, 2.24) is 0 Å². The third-order valence-corrected chi connectivity index (χ3v) is 4.97. The van der Waals surface area contributed by atoms with Crippen LogP contribution in [0.25, 0.3) is 0 Å². The van der Waals surface area contributed by atoms with Crippen LogP contribution in [0.4, 0.5) is 0 Å². The summed E-state index contributed by atoms with van der Waals surface area (Å²) in [5.74, 6) is -0.781. The van der Waals surface area contributed by atoms with Gasteiger partial charge in [0, 0.05) is 0 Å². The molecule has 0 bridgehead atoms. The maximum absolute atomic E-state index is 12.7. The van der Waals surface area contributed by atoms with Crippen molar-refractivity contribution >= 4 is 13.6 Å². The molecular weight excluding hydrogens is 283 g/mol. The lowest BCUT2D eigenvalue weighted by atomic mass is 10.1. The first-order valence-corrected chi connectivity index (χ1v) is 7.85. The normalized spacial score (nSPS) is 12.9. The highest BCUT2D eigenvalue weighted by Crippen LogP contribution is 2.61. The standard InChI is InChI=1S/C13H19O6P/c1-4-18-20(16,19-5-2)12(13(14)15)10-7-6-8-11(9-10)17-3/h6-9,12H,4-5H2,1-3H3,(H,14,15). The highest BCUT2D eigenvalue weighted by molar-refractivity contribution is 7.55. The van der Waals surface area contributed by atoms with E-state index in [-0.39, 0.29) is 13.2 Å². The molecule has 0 spiro atoms. The van der Waals surface area contributed by atoms with Crippen molar-refractivity contribution in [3.63, 3.8) is 0 Å². The lowest BCUT2D eigenvalue weighted by Gasteiger charge is -2.23. The van der Waals surface area contributed by atoms with Crippen LogP contribution in [-0.2, 0) is 18.4 Å². The average Bonchev–Trinajstić information content (AvgIpc) is 2.39. The van der Waals surface area contributed by atoms with Crippen LogP contribution in [0.3, 0.4) is 0 Å². The number of hydrogen-bond donors (Lipinski definition) is 1. The Kier molecular flexibility index (Phi) is 6.20. The minimum atomic E-state index is -3.79. The number of hydrogen-bond acceptors (Lipinski definition) is 5. The minimum absolute atomic E-state index is 0.102. The van der Waals surface area contributed by atoms with E-state index in [9.17, 15) is 14.5 Å². The Morgan fingerprint density at radius 3 is 2.35 bits per heavy atom. The van der Waals surface area contributed by atoms with Gasteiger partial charge < -0.3 is 18.9 Å². The smallest absolute Gasteiger partial charge is 0.349 e. The van der Waals surface area contributed by atoms with Gasteiger partial charge in [0.05, 0.1) is 20.3 Å². The predicted molar refractivity (Wildman–Crippen MR) is 74.2 cm³/mol. The molecule has 0 amide bonds. The molecule has 0 fully saturated rings. The van der Waals surface area contributed by atoms with Crippen LogP contribution in [0, 0.1) is 0 Å². The van der Waals surface area contributed by atoms with Crippen molar-refractivity contribution in [2.24, 2.45) is 0 Å². The maximum Gasteiger partial charge on any atom is 0.349 e. The quantitative estimate of drug-likeness (QED) is 0.743. The number of rotatable bonds is 8. The summed E-state index contributed by atoms with van der Waals surface area (Å²) in [6.07, 6.45) is 0. The van der Waals surface area contributed by atoms with Gasteiger partial charge >= 0.3 is 13.6 Å². The second-order valence-corrected chi connectivity index (χ2v) is 6.01. The molecule has 0 aliphatic carbocycles. The summed E-state index contributed by atoms with van der Waals surface area (Å²) >= 11 is 0. The number of carbonyl (C=O) groups is 1. The van der Waals surface area contributed by atoms with Gasteiger partial charge in [-0.2, -0.15) is 0 Å². The molecule has 1 atom stereocenters. The monoisotopic (exact) mass is 302 g/mol. The summed E-state index contributed by atoms with van der Waals surface area (Å²) < 4.78 is 28.0. The Labute approximate surface area is 118 Å². The van der Waals surface area contributed by atoms with Crippen LogP contribution in [-0.4, -0.2) is 31.4 Å². The van der Waals surface area contributed by atoms with Gasteiger partial charge in [-0.15, -0.1) is 0 Å². The minimum Gasteiger partial charge on any atom is -0.497 e. The van der Waals surface area contributed by atoms with E-state index in [4.69, 9.17) is 13.8 Å². The fourth-order valence-electron chi connectivity index (χ4n) is 1.82. The van der Waals surface area contributed by atoms with Crippen molar-refractivity contribution in [3.05, 3.63) is 29.8 Å². The van der Waals surface area contributed by atoms with Gasteiger partial charge in [0.2, 0.25) is 0 Å². The van der Waals surface area contributed by atoms with Crippen LogP contribution in [0.1, 0.15) is 25.1 Å². The third-order valence-electron chi connectivity index (χ3n) is 2.58. The molecule has 1 aromatic carbocycles. The van der Waals surface area contributed by atoms with Crippen LogP contribution < -0.4 is 4.74 Å². The number of ether oxygens (including phenoxy) is 1. The number of methoxy groups -OCH3 is 1. The molecular formula is C13H19O6P. The number of carboxylic acids is 1. The van der Waals surface area contributed by atoms with Crippen LogP contribution in [0.15, 0.2) is 24.3 Å². The van der Waals surface area contributed by atoms with Crippen molar-refractivity contribution < 1.29 is 28.3 Å². The maximum atomic E-state index is 12.7. The fraction of sp³-hybridized carbons (Fsp3) is 0.462. The molecule has 0 saturated carbocycles. The molecule has 7 heteroatoms. The van der Waals surface area contributed by atoms with E-state index in [0.29, 0.717) is 11.3 Å². The van der Waals surface area contributed by atoms with E-state index >= 15 is 0 Å². The topological polar surface area (TPSA) is 82.1 Å². The Hall–Kier alpha value is -1.36. The number of aliphatic carboxylic acids is 1. The van der Waals surface area contributed by atoms with Gasteiger partial charge in [0.25, 0.3) is 0 Å². The summed E-state index contributed by atoms with van der Waals surface area (Å²) in [5, 5.41) is 9.41. The van der Waals surface area contributed by atoms with Gasteiger partial charge in [-0.25, -0.2) is 0 Å². The lowest BCUT2D eigenvalue weighted by Crippen LogP contribution is -2.16. The molecule has 0 aliphatic rings. The molecule has 0 aromatic heterocycles. The van der Waals surface area contributed by atoms with Crippen molar-refractivity contribution in [1.29, 1.82) is 0 Å². The second kappa shape index (κ2) is 7.43. The number of carboxylic acid groups (broad SMARTS) is 1. The molecule has 6 nitrogen and oxygen atoms in total. The van der Waals surface area contributed by atoms with Gasteiger partial charge in [-0.05, 0) is 31.5 Å². The van der Waals surface area contributed by atoms with Crippen molar-refractivity contribution in [3.8, 4) is 5.75 Å². The van der Waals surface area contributed by atoms with Crippen molar-refractivity contribution in [2.75, 3.05) is 20.3 Å². The van der Waals surface area contributed by atoms with E-state index in [1.807, 2.05) is 0 Å². The van der Waals surface area contributed by atoms with E-state index in [1.165, 1.54) is 13.2 Å².